The maximum Gasteiger partial charge on any atom is 0.246 e. The van der Waals surface area contributed by atoms with Crippen molar-refractivity contribution in [2.75, 3.05) is 49.0 Å². The molecule has 2 amide bonds. The summed E-state index contributed by atoms with van der Waals surface area (Å²) in [6, 6.07) is 5.11. The van der Waals surface area contributed by atoms with Crippen LogP contribution in [0.3, 0.4) is 0 Å². The summed E-state index contributed by atoms with van der Waals surface area (Å²) in [7, 11) is -8.06. The third-order valence-corrected chi connectivity index (χ3v) is 12.2. The van der Waals surface area contributed by atoms with E-state index in [1.165, 1.54) is 24.3 Å². The monoisotopic (exact) mass is 642 g/mol. The molecule has 12 nitrogen and oxygen atoms in total. The number of amides is 2. The largest absolute Gasteiger partial charge is 0.492 e. The Bertz CT molecular complexity index is 1320. The SMILES string of the molecule is CCCCN1C(=O)[C@@H](CC2(O)CCCCC2)NC(=O)C12CCN(CCOc1ccc(N(S(C)(=O)=O)S(C)(=O)=O)cc1)CC2. The molecule has 1 aromatic rings. The second kappa shape index (κ2) is 13.3. The quantitative estimate of drug-likeness (QED) is 0.348. The molecule has 1 spiro atoms. The second-order valence-corrected chi connectivity index (χ2v) is 16.2. The Morgan fingerprint density at radius 2 is 1.56 bits per heavy atom. The Morgan fingerprint density at radius 3 is 2.12 bits per heavy atom. The smallest absolute Gasteiger partial charge is 0.246 e. The highest BCUT2D eigenvalue weighted by Crippen LogP contribution is 2.37. The van der Waals surface area contributed by atoms with Gasteiger partial charge in [-0.1, -0.05) is 32.6 Å². The Morgan fingerprint density at radius 1 is 0.953 bits per heavy atom. The van der Waals surface area contributed by atoms with Crippen molar-refractivity contribution in [2.24, 2.45) is 0 Å². The number of anilines is 1. The van der Waals surface area contributed by atoms with Gasteiger partial charge in [-0.05, 0) is 56.4 Å². The summed E-state index contributed by atoms with van der Waals surface area (Å²) in [5, 5.41) is 14.1. The number of sulfonamides is 2. The van der Waals surface area contributed by atoms with E-state index in [-0.39, 0.29) is 23.9 Å². The fourth-order valence-corrected chi connectivity index (χ4v) is 9.65. The zero-order valence-corrected chi connectivity index (χ0v) is 27.1. The molecule has 43 heavy (non-hydrogen) atoms. The Hall–Kier alpha value is -2.42. The van der Waals surface area contributed by atoms with Gasteiger partial charge in [0, 0.05) is 32.6 Å². The van der Waals surface area contributed by atoms with E-state index in [1.807, 2.05) is 0 Å². The van der Waals surface area contributed by atoms with Crippen LogP contribution in [0.5, 0.6) is 5.75 Å². The summed E-state index contributed by atoms with van der Waals surface area (Å²) < 4.78 is 54.2. The van der Waals surface area contributed by atoms with Crippen LogP contribution in [0.4, 0.5) is 5.69 Å². The van der Waals surface area contributed by atoms with Gasteiger partial charge in [0.1, 0.15) is 23.9 Å². The van der Waals surface area contributed by atoms with Crippen LogP contribution in [0.2, 0.25) is 0 Å². The predicted octanol–water partition coefficient (Wildman–Crippen LogP) is 1.84. The maximum absolute atomic E-state index is 13.7. The fraction of sp³-hybridized carbons (Fsp3) is 0.724. The van der Waals surface area contributed by atoms with Crippen molar-refractivity contribution < 1.29 is 36.3 Å². The zero-order valence-electron chi connectivity index (χ0n) is 25.5. The molecule has 1 atom stereocenters. The number of likely N-dealkylation sites (tertiary alicyclic amines) is 1. The van der Waals surface area contributed by atoms with E-state index >= 15 is 0 Å². The number of carbonyl (C=O) groups excluding carboxylic acids is 2. The number of piperazine rings is 1. The lowest BCUT2D eigenvalue weighted by Gasteiger charge is -2.52. The van der Waals surface area contributed by atoms with Crippen molar-refractivity contribution >= 4 is 37.5 Å². The van der Waals surface area contributed by atoms with Crippen molar-refractivity contribution in [3.8, 4) is 5.75 Å². The van der Waals surface area contributed by atoms with Gasteiger partial charge in [0.05, 0.1) is 23.8 Å². The highest BCUT2D eigenvalue weighted by molar-refractivity contribution is 8.09. The van der Waals surface area contributed by atoms with Crippen molar-refractivity contribution in [3.05, 3.63) is 24.3 Å². The molecule has 2 saturated heterocycles. The van der Waals surface area contributed by atoms with Crippen molar-refractivity contribution in [1.29, 1.82) is 0 Å². The maximum atomic E-state index is 13.7. The normalized spacial score (nSPS) is 22.8. The van der Waals surface area contributed by atoms with E-state index in [0.29, 0.717) is 67.9 Å². The molecule has 0 bridgehead atoms. The van der Waals surface area contributed by atoms with Gasteiger partial charge in [-0.2, -0.15) is 3.71 Å². The van der Waals surface area contributed by atoms with Gasteiger partial charge in [-0.15, -0.1) is 0 Å². The molecule has 1 saturated carbocycles. The zero-order chi connectivity index (χ0) is 31.5. The standard InChI is InChI=1S/C29H46N4O8S2/c1-4-5-17-32-26(34)25(22-28(36)13-7-6-8-14-28)30-27(35)29(32)15-18-31(19-16-29)20-21-41-24-11-9-23(10-12-24)33(42(2,37)38)43(3,39)40/h9-12,25,36H,4-8,13-22H2,1-3H3,(H,30,35)/t25-/m1/s1. The van der Waals surface area contributed by atoms with E-state index in [9.17, 15) is 31.5 Å². The Labute approximate surface area is 255 Å². The molecule has 1 aromatic carbocycles. The van der Waals surface area contributed by atoms with E-state index < -0.39 is 37.2 Å². The number of rotatable bonds is 12. The third kappa shape index (κ3) is 7.81. The first-order chi connectivity index (χ1) is 20.2. The topological polar surface area (TPSA) is 154 Å². The van der Waals surface area contributed by atoms with Crippen LogP contribution in [-0.4, -0.2) is 106 Å². The first-order valence-electron chi connectivity index (χ1n) is 15.2. The molecule has 2 N–H and O–H groups in total. The lowest BCUT2D eigenvalue weighted by molar-refractivity contribution is -0.163. The number of aliphatic hydroxyl groups is 1. The molecule has 0 unspecified atom stereocenters. The number of unbranched alkanes of at least 4 members (excludes halogenated alkanes) is 1. The first kappa shape index (κ1) is 33.5. The molecule has 2 aliphatic heterocycles. The second-order valence-electron chi connectivity index (χ2n) is 12.3. The molecule has 0 aromatic heterocycles. The van der Waals surface area contributed by atoms with Gasteiger partial charge >= 0.3 is 0 Å². The average molecular weight is 643 g/mol. The summed E-state index contributed by atoms with van der Waals surface area (Å²) in [5.74, 6) is 0.256. The van der Waals surface area contributed by atoms with Crippen molar-refractivity contribution in [3.63, 3.8) is 0 Å². The lowest BCUT2D eigenvalue weighted by atomic mass is 9.77. The van der Waals surface area contributed by atoms with Crippen molar-refractivity contribution in [1.82, 2.24) is 15.1 Å². The highest BCUT2D eigenvalue weighted by Gasteiger charge is 2.54. The predicted molar refractivity (Wildman–Crippen MR) is 164 cm³/mol. The number of benzene rings is 1. The van der Waals surface area contributed by atoms with Gasteiger partial charge in [0.15, 0.2) is 0 Å². The van der Waals surface area contributed by atoms with Crippen molar-refractivity contribution in [2.45, 2.75) is 88.3 Å². The minimum Gasteiger partial charge on any atom is -0.492 e. The molecule has 3 aliphatic rings. The summed E-state index contributed by atoms with van der Waals surface area (Å²) >= 11 is 0. The molecular formula is C29H46N4O8S2. The highest BCUT2D eigenvalue weighted by atomic mass is 32.3. The molecule has 242 valence electrons. The Balaban J connectivity index is 1.34. The number of hydrogen-bond acceptors (Lipinski definition) is 9. The van der Waals surface area contributed by atoms with Crippen LogP contribution in [0.25, 0.3) is 0 Å². The summed E-state index contributed by atoms with van der Waals surface area (Å²) in [4.78, 5) is 31.4. The van der Waals surface area contributed by atoms with Crippen LogP contribution in [0.1, 0.15) is 71.1 Å². The van der Waals surface area contributed by atoms with Crippen LogP contribution in [0.15, 0.2) is 24.3 Å². The van der Waals surface area contributed by atoms with E-state index in [4.69, 9.17) is 4.74 Å². The molecule has 3 fully saturated rings. The van der Waals surface area contributed by atoms with Gasteiger partial charge < -0.3 is 20.1 Å². The van der Waals surface area contributed by atoms with Gasteiger partial charge in [-0.3, -0.25) is 14.5 Å². The number of nitrogens with zero attached hydrogens (tertiary/aromatic N) is 3. The number of piperidine rings is 1. The molecule has 4 rings (SSSR count). The summed E-state index contributed by atoms with van der Waals surface area (Å²) in [6.07, 6.45) is 8.93. The number of ether oxygens (including phenoxy) is 1. The summed E-state index contributed by atoms with van der Waals surface area (Å²) in [6.45, 7) is 4.71. The minimum atomic E-state index is -4.03. The third-order valence-electron chi connectivity index (χ3n) is 8.92. The fourth-order valence-electron chi connectivity index (χ4n) is 6.68. The lowest BCUT2D eigenvalue weighted by Crippen LogP contribution is -2.73. The van der Waals surface area contributed by atoms with Crippen LogP contribution in [-0.2, 0) is 29.6 Å². The Kier molecular flexibility index (Phi) is 10.3. The average Bonchev–Trinajstić information content (AvgIpc) is 2.92. The summed E-state index contributed by atoms with van der Waals surface area (Å²) in [5.41, 5.74) is -1.80. The molecule has 14 heteroatoms. The molecule has 0 radical (unpaired) electrons. The van der Waals surface area contributed by atoms with Crippen LogP contribution < -0.4 is 13.8 Å². The van der Waals surface area contributed by atoms with Gasteiger partial charge in [0.25, 0.3) is 0 Å². The van der Waals surface area contributed by atoms with Gasteiger partial charge in [0.2, 0.25) is 31.9 Å². The molecule has 1 aliphatic carbocycles. The number of carbonyl (C=O) groups is 2. The first-order valence-corrected chi connectivity index (χ1v) is 18.9. The van der Waals surface area contributed by atoms with E-state index in [2.05, 4.69) is 17.1 Å². The number of nitrogens with one attached hydrogen (secondary N) is 1. The molecule has 2 heterocycles. The van der Waals surface area contributed by atoms with E-state index in [1.54, 1.807) is 4.90 Å². The number of hydrogen-bond donors (Lipinski definition) is 2. The van der Waals surface area contributed by atoms with Crippen LogP contribution in [0, 0.1) is 0 Å². The van der Waals surface area contributed by atoms with E-state index in [0.717, 1.165) is 44.6 Å². The van der Waals surface area contributed by atoms with Gasteiger partial charge in [-0.25, -0.2) is 16.8 Å². The molecular weight excluding hydrogens is 596 g/mol. The van der Waals surface area contributed by atoms with Crippen LogP contribution >= 0.6 is 0 Å². The minimum absolute atomic E-state index is 0.00162.